The Morgan fingerprint density at radius 3 is 0.791 bits per heavy atom. The van der Waals surface area contributed by atoms with Crippen molar-refractivity contribution in [2.24, 2.45) is 5.92 Å². The average molecular weight is 1270 g/mol. The van der Waals surface area contributed by atoms with E-state index >= 15 is 0 Å². The third kappa shape index (κ3) is 60.9. The first-order chi connectivity index (χ1) is 41.5. The fraction of sp³-hybridized carbons (Fsp3) is 0.940. The molecule has 3 N–H and O–H groups in total. The highest BCUT2D eigenvalue weighted by molar-refractivity contribution is 7.47. The van der Waals surface area contributed by atoms with E-state index in [4.69, 9.17) is 37.0 Å². The molecule has 0 spiro atoms. The van der Waals surface area contributed by atoms with Gasteiger partial charge >= 0.3 is 39.5 Å². The monoisotopic (exact) mass is 1270 g/mol. The van der Waals surface area contributed by atoms with Crippen molar-refractivity contribution in [1.29, 1.82) is 0 Å². The molecule has 0 aliphatic carbocycles. The Kier molecular flexibility index (Phi) is 59.2. The minimum atomic E-state index is -4.95. The molecule has 0 radical (unpaired) electrons. The molecule has 86 heavy (non-hydrogen) atoms. The van der Waals surface area contributed by atoms with Gasteiger partial charge in [0.25, 0.3) is 0 Å². The molecule has 0 rings (SSSR count). The predicted octanol–water partition coefficient (Wildman–Crippen LogP) is 19.0. The molecule has 0 aromatic carbocycles. The molecule has 2 unspecified atom stereocenters. The average Bonchev–Trinajstić information content (AvgIpc) is 3.64. The number of unbranched alkanes of at least 4 members (excludes halogenated alkanes) is 39. The van der Waals surface area contributed by atoms with Crippen LogP contribution in [0.25, 0.3) is 0 Å². The van der Waals surface area contributed by atoms with E-state index in [0.29, 0.717) is 25.7 Å². The lowest BCUT2D eigenvalue weighted by Crippen LogP contribution is -2.30. The number of hydrogen-bond donors (Lipinski definition) is 3. The van der Waals surface area contributed by atoms with Crippen LogP contribution in [0.2, 0.25) is 0 Å². The van der Waals surface area contributed by atoms with Gasteiger partial charge in [0.15, 0.2) is 12.2 Å². The molecular formula is C67H130O17P2. The summed E-state index contributed by atoms with van der Waals surface area (Å²) >= 11 is 0. The molecule has 0 aromatic heterocycles. The normalized spacial score (nSPS) is 14.2. The van der Waals surface area contributed by atoms with Gasteiger partial charge < -0.3 is 33.8 Å². The van der Waals surface area contributed by atoms with Crippen molar-refractivity contribution in [2.45, 2.75) is 361 Å². The highest BCUT2D eigenvalue weighted by Gasteiger charge is 2.30. The first kappa shape index (κ1) is 84.1. The summed E-state index contributed by atoms with van der Waals surface area (Å²) in [5.74, 6) is -1.35. The van der Waals surface area contributed by atoms with Gasteiger partial charge in [0.2, 0.25) is 0 Å². The van der Waals surface area contributed by atoms with Crippen LogP contribution >= 0.6 is 15.6 Å². The van der Waals surface area contributed by atoms with Crippen molar-refractivity contribution < 1.29 is 80.2 Å². The van der Waals surface area contributed by atoms with Gasteiger partial charge in [-0.1, -0.05) is 291 Å². The Balaban J connectivity index is 5.16. The van der Waals surface area contributed by atoms with Crippen molar-refractivity contribution in [2.75, 3.05) is 39.6 Å². The number of carbonyl (C=O) groups is 4. The number of phosphoric acid groups is 2. The molecule has 510 valence electrons. The van der Waals surface area contributed by atoms with Crippen LogP contribution in [0.5, 0.6) is 0 Å². The number of hydrogen-bond acceptors (Lipinski definition) is 15. The lowest BCUT2D eigenvalue weighted by Gasteiger charge is -2.21. The number of ether oxygens (including phenoxy) is 4. The van der Waals surface area contributed by atoms with Crippen LogP contribution in [0.4, 0.5) is 0 Å². The summed E-state index contributed by atoms with van der Waals surface area (Å²) in [6.45, 7) is 7.16. The SMILES string of the molecule is CCCCCCCCCCCCCCCCCCC(=O)OC[C@H](COP(=O)(O)OC[C@@H](O)COP(=O)(O)OC[C@@H](COC(=O)CCCCCCCCC)OC(=O)CCCCCCCCC)OC(=O)CCCCCCCCCCCCCCCC(C)C. The van der Waals surface area contributed by atoms with E-state index in [-0.39, 0.29) is 25.7 Å². The second-order valence-electron chi connectivity index (χ2n) is 24.7. The van der Waals surface area contributed by atoms with Crippen LogP contribution in [-0.2, 0) is 65.4 Å². The summed E-state index contributed by atoms with van der Waals surface area (Å²) in [6.07, 6.45) is 46.1. The summed E-state index contributed by atoms with van der Waals surface area (Å²) in [5.41, 5.74) is 0. The molecule has 0 amide bonds. The van der Waals surface area contributed by atoms with Gasteiger partial charge in [0, 0.05) is 25.7 Å². The van der Waals surface area contributed by atoms with Gasteiger partial charge in [-0.05, 0) is 31.6 Å². The maximum absolute atomic E-state index is 13.0. The number of rotatable bonds is 67. The highest BCUT2D eigenvalue weighted by atomic mass is 31.2. The van der Waals surface area contributed by atoms with E-state index in [1.165, 1.54) is 141 Å². The van der Waals surface area contributed by atoms with Gasteiger partial charge in [-0.15, -0.1) is 0 Å². The summed E-state index contributed by atoms with van der Waals surface area (Å²) in [7, 11) is -9.88. The maximum atomic E-state index is 13.0. The van der Waals surface area contributed by atoms with Crippen LogP contribution in [0, 0.1) is 5.92 Å². The van der Waals surface area contributed by atoms with Gasteiger partial charge in [-0.3, -0.25) is 37.3 Å². The Bertz CT molecular complexity index is 1670. The van der Waals surface area contributed by atoms with Crippen molar-refractivity contribution in [3.05, 3.63) is 0 Å². The third-order valence-electron chi connectivity index (χ3n) is 15.5. The minimum absolute atomic E-state index is 0.104. The summed E-state index contributed by atoms with van der Waals surface area (Å²) in [4.78, 5) is 72.1. The molecule has 17 nitrogen and oxygen atoms in total. The van der Waals surface area contributed by atoms with E-state index in [1.54, 1.807) is 0 Å². The summed E-state index contributed by atoms with van der Waals surface area (Å²) < 4.78 is 67.9. The first-order valence-corrected chi connectivity index (χ1v) is 38.1. The zero-order valence-corrected chi connectivity index (χ0v) is 57.2. The fourth-order valence-electron chi connectivity index (χ4n) is 10.1. The summed E-state index contributed by atoms with van der Waals surface area (Å²) in [5, 5.41) is 10.5. The van der Waals surface area contributed by atoms with Gasteiger partial charge in [0.1, 0.15) is 19.3 Å². The third-order valence-corrected chi connectivity index (χ3v) is 17.4. The largest absolute Gasteiger partial charge is 0.472 e. The van der Waals surface area contributed by atoms with Crippen molar-refractivity contribution in [3.63, 3.8) is 0 Å². The molecule has 0 aliphatic heterocycles. The maximum Gasteiger partial charge on any atom is 0.472 e. The van der Waals surface area contributed by atoms with Crippen LogP contribution < -0.4 is 0 Å². The number of esters is 4. The van der Waals surface area contributed by atoms with Crippen LogP contribution in [0.15, 0.2) is 0 Å². The van der Waals surface area contributed by atoms with Gasteiger partial charge in [-0.25, -0.2) is 9.13 Å². The predicted molar refractivity (Wildman–Crippen MR) is 345 cm³/mol. The number of aliphatic hydroxyl groups excluding tert-OH is 1. The van der Waals surface area contributed by atoms with Crippen molar-refractivity contribution in [3.8, 4) is 0 Å². The first-order valence-electron chi connectivity index (χ1n) is 35.1. The summed E-state index contributed by atoms with van der Waals surface area (Å²) in [6, 6.07) is 0. The topological polar surface area (TPSA) is 237 Å². The number of carbonyl (C=O) groups excluding carboxylic acids is 4. The number of aliphatic hydroxyl groups is 1. The van der Waals surface area contributed by atoms with Crippen LogP contribution in [0.1, 0.15) is 343 Å². The zero-order chi connectivity index (χ0) is 63.5. The van der Waals surface area contributed by atoms with Crippen LogP contribution in [0.3, 0.4) is 0 Å². The molecule has 0 heterocycles. The quantitative estimate of drug-likeness (QED) is 0.0222. The highest BCUT2D eigenvalue weighted by Crippen LogP contribution is 2.45. The van der Waals surface area contributed by atoms with E-state index in [1.807, 2.05) is 0 Å². The van der Waals surface area contributed by atoms with E-state index in [2.05, 4.69) is 34.6 Å². The van der Waals surface area contributed by atoms with Gasteiger partial charge in [-0.2, -0.15) is 0 Å². The Morgan fingerprint density at radius 2 is 0.535 bits per heavy atom. The van der Waals surface area contributed by atoms with E-state index in [0.717, 1.165) is 121 Å². The molecular weight excluding hydrogens is 1140 g/mol. The molecule has 5 atom stereocenters. The molecule has 0 aromatic rings. The number of phosphoric ester groups is 2. The lowest BCUT2D eigenvalue weighted by molar-refractivity contribution is -0.161. The molecule has 0 saturated carbocycles. The molecule has 19 heteroatoms. The van der Waals surface area contributed by atoms with Crippen LogP contribution in [-0.4, -0.2) is 96.7 Å². The molecule has 0 bridgehead atoms. The molecule has 0 saturated heterocycles. The Labute approximate surface area is 524 Å². The standard InChI is InChI=1S/C67H130O17P2/c1-6-9-12-15-18-19-20-21-22-23-26-29-32-37-41-46-51-65(70)78-57-63(84-67(72)53-48-43-38-33-30-27-24-25-28-31-36-39-44-49-60(4)5)59-82-86(75,76)80-55-61(68)54-79-85(73,74)81-58-62(83-66(71)52-47-42-35-17-14-11-8-3)56-77-64(69)50-45-40-34-16-13-10-7-2/h60-63,68H,6-59H2,1-5H3,(H,73,74)(H,75,76)/t61-,62+,63+/m0/s1. The lowest BCUT2D eigenvalue weighted by atomic mass is 10.0. The smallest absolute Gasteiger partial charge is 0.462 e. The van der Waals surface area contributed by atoms with Gasteiger partial charge in [0.05, 0.1) is 26.4 Å². The van der Waals surface area contributed by atoms with E-state index < -0.39 is 97.5 Å². The Hall–Kier alpha value is -1.94. The minimum Gasteiger partial charge on any atom is -0.462 e. The van der Waals surface area contributed by atoms with Crippen molar-refractivity contribution in [1.82, 2.24) is 0 Å². The van der Waals surface area contributed by atoms with Crippen molar-refractivity contribution >= 4 is 39.5 Å². The fourth-order valence-corrected chi connectivity index (χ4v) is 11.7. The van der Waals surface area contributed by atoms with E-state index in [9.17, 15) is 43.2 Å². The Morgan fingerprint density at radius 1 is 0.314 bits per heavy atom. The second kappa shape index (κ2) is 60.6. The second-order valence-corrected chi connectivity index (χ2v) is 27.6. The molecule has 0 fully saturated rings. The zero-order valence-electron chi connectivity index (χ0n) is 55.4. The molecule has 0 aliphatic rings.